The van der Waals surface area contributed by atoms with Crippen LogP contribution in [-0.4, -0.2) is 11.8 Å². The van der Waals surface area contributed by atoms with Gasteiger partial charge in [0.05, 0.1) is 15.4 Å². The molecule has 3 N–H and O–H groups in total. The Balaban J connectivity index is 2.09. The second kappa shape index (κ2) is 4.46. The van der Waals surface area contributed by atoms with E-state index in [-0.39, 0.29) is 5.91 Å². The minimum atomic E-state index is -0.485. The SMILES string of the molecule is NC(=O)c1cc(NC(=O)c2cccs2)cs1. The third-order valence-electron chi connectivity index (χ3n) is 1.85. The Labute approximate surface area is 99.7 Å². The summed E-state index contributed by atoms with van der Waals surface area (Å²) in [5.74, 6) is -0.662. The van der Waals surface area contributed by atoms with Crippen LogP contribution in [0.3, 0.4) is 0 Å². The van der Waals surface area contributed by atoms with Gasteiger partial charge in [0.2, 0.25) is 0 Å². The number of primary amides is 1. The quantitative estimate of drug-likeness (QED) is 0.878. The lowest BCUT2D eigenvalue weighted by Crippen LogP contribution is -2.10. The summed E-state index contributed by atoms with van der Waals surface area (Å²) in [7, 11) is 0. The Morgan fingerprint density at radius 1 is 1.25 bits per heavy atom. The highest BCUT2D eigenvalue weighted by Crippen LogP contribution is 2.20. The van der Waals surface area contributed by atoms with Gasteiger partial charge in [-0.2, -0.15) is 0 Å². The molecule has 0 aliphatic rings. The molecule has 0 fully saturated rings. The predicted molar refractivity (Wildman–Crippen MR) is 65.1 cm³/mol. The van der Waals surface area contributed by atoms with Crippen LogP contribution in [0.25, 0.3) is 0 Å². The maximum atomic E-state index is 11.6. The molecule has 0 spiro atoms. The van der Waals surface area contributed by atoms with Gasteiger partial charge in [-0.3, -0.25) is 9.59 Å². The average molecular weight is 252 g/mol. The van der Waals surface area contributed by atoms with E-state index in [0.717, 1.165) is 0 Å². The number of hydrogen-bond acceptors (Lipinski definition) is 4. The number of rotatable bonds is 3. The van der Waals surface area contributed by atoms with E-state index in [4.69, 9.17) is 5.73 Å². The van der Waals surface area contributed by atoms with Crippen LogP contribution >= 0.6 is 22.7 Å². The van der Waals surface area contributed by atoms with E-state index in [9.17, 15) is 9.59 Å². The molecule has 82 valence electrons. The Morgan fingerprint density at radius 3 is 2.62 bits per heavy atom. The highest BCUT2D eigenvalue weighted by molar-refractivity contribution is 7.13. The van der Waals surface area contributed by atoms with Crippen molar-refractivity contribution in [3.8, 4) is 0 Å². The molecule has 2 rings (SSSR count). The molecule has 0 aliphatic heterocycles. The van der Waals surface area contributed by atoms with Gasteiger partial charge in [0, 0.05) is 5.38 Å². The molecule has 2 heterocycles. The van der Waals surface area contributed by atoms with E-state index >= 15 is 0 Å². The van der Waals surface area contributed by atoms with Gasteiger partial charge in [0.15, 0.2) is 0 Å². The Kier molecular flexibility index (Phi) is 3.02. The van der Waals surface area contributed by atoms with Crippen molar-refractivity contribution in [1.82, 2.24) is 0 Å². The van der Waals surface area contributed by atoms with Crippen molar-refractivity contribution >= 4 is 40.2 Å². The number of nitrogens with one attached hydrogen (secondary N) is 1. The van der Waals surface area contributed by atoms with E-state index in [1.165, 1.54) is 22.7 Å². The van der Waals surface area contributed by atoms with Crippen LogP contribution in [0.15, 0.2) is 29.0 Å². The smallest absolute Gasteiger partial charge is 0.265 e. The van der Waals surface area contributed by atoms with Crippen molar-refractivity contribution < 1.29 is 9.59 Å². The minimum absolute atomic E-state index is 0.177. The molecule has 0 bridgehead atoms. The molecule has 2 aromatic rings. The van der Waals surface area contributed by atoms with Crippen LogP contribution in [0.2, 0.25) is 0 Å². The van der Waals surface area contributed by atoms with E-state index in [1.807, 2.05) is 11.4 Å². The summed E-state index contributed by atoms with van der Waals surface area (Å²) in [5.41, 5.74) is 5.71. The van der Waals surface area contributed by atoms with Gasteiger partial charge in [0.1, 0.15) is 0 Å². The van der Waals surface area contributed by atoms with Gasteiger partial charge in [-0.05, 0) is 17.5 Å². The third-order valence-corrected chi connectivity index (χ3v) is 3.66. The zero-order valence-electron chi connectivity index (χ0n) is 8.10. The fourth-order valence-electron chi connectivity index (χ4n) is 1.13. The van der Waals surface area contributed by atoms with Crippen LogP contribution in [0.1, 0.15) is 19.3 Å². The lowest BCUT2D eigenvalue weighted by Gasteiger charge is -1.98. The molecule has 2 aromatic heterocycles. The summed E-state index contributed by atoms with van der Waals surface area (Å²) >= 11 is 2.57. The molecule has 0 unspecified atom stereocenters. The first-order chi connectivity index (χ1) is 7.66. The van der Waals surface area contributed by atoms with Crippen LogP contribution in [0.5, 0.6) is 0 Å². The average Bonchev–Trinajstić information content (AvgIpc) is 2.87. The third kappa shape index (κ3) is 2.29. The number of nitrogens with two attached hydrogens (primary N) is 1. The van der Waals surface area contributed by atoms with E-state index < -0.39 is 5.91 Å². The molecular weight excluding hydrogens is 244 g/mol. The van der Waals surface area contributed by atoms with Gasteiger partial charge >= 0.3 is 0 Å². The molecule has 0 saturated carbocycles. The second-order valence-corrected chi connectivity index (χ2v) is 4.85. The van der Waals surface area contributed by atoms with Gasteiger partial charge in [0.25, 0.3) is 11.8 Å². The van der Waals surface area contributed by atoms with Gasteiger partial charge < -0.3 is 11.1 Å². The fourth-order valence-corrected chi connectivity index (χ4v) is 2.44. The number of carbonyl (C=O) groups excluding carboxylic acids is 2. The molecule has 0 aliphatic carbocycles. The van der Waals surface area contributed by atoms with Crippen LogP contribution in [0.4, 0.5) is 5.69 Å². The first-order valence-electron chi connectivity index (χ1n) is 4.40. The van der Waals surface area contributed by atoms with Crippen molar-refractivity contribution in [1.29, 1.82) is 0 Å². The monoisotopic (exact) mass is 252 g/mol. The van der Waals surface area contributed by atoms with Crippen molar-refractivity contribution in [3.05, 3.63) is 38.7 Å². The number of hydrogen-bond donors (Lipinski definition) is 2. The number of amides is 2. The highest BCUT2D eigenvalue weighted by Gasteiger charge is 2.09. The summed E-state index contributed by atoms with van der Waals surface area (Å²) in [6.07, 6.45) is 0. The topological polar surface area (TPSA) is 72.2 Å². The lowest BCUT2D eigenvalue weighted by atomic mass is 10.4. The predicted octanol–water partition coefficient (Wildman–Crippen LogP) is 2.16. The molecule has 16 heavy (non-hydrogen) atoms. The van der Waals surface area contributed by atoms with E-state index in [0.29, 0.717) is 15.4 Å². The van der Waals surface area contributed by atoms with Crippen molar-refractivity contribution in [2.45, 2.75) is 0 Å². The molecule has 0 radical (unpaired) electrons. The first-order valence-corrected chi connectivity index (χ1v) is 6.16. The molecular formula is C10H8N2O2S2. The Bertz CT molecular complexity index is 517. The Hall–Kier alpha value is -1.66. The fraction of sp³-hybridized carbons (Fsp3) is 0. The molecule has 6 heteroatoms. The van der Waals surface area contributed by atoms with E-state index in [1.54, 1.807) is 17.5 Å². The van der Waals surface area contributed by atoms with Crippen molar-refractivity contribution in [3.63, 3.8) is 0 Å². The van der Waals surface area contributed by atoms with Gasteiger partial charge in [-0.1, -0.05) is 6.07 Å². The van der Waals surface area contributed by atoms with Crippen molar-refractivity contribution in [2.75, 3.05) is 5.32 Å². The molecule has 0 atom stereocenters. The van der Waals surface area contributed by atoms with Crippen LogP contribution < -0.4 is 11.1 Å². The van der Waals surface area contributed by atoms with Crippen LogP contribution in [-0.2, 0) is 0 Å². The maximum Gasteiger partial charge on any atom is 0.265 e. The summed E-state index contributed by atoms with van der Waals surface area (Å²) in [5, 5.41) is 6.21. The summed E-state index contributed by atoms with van der Waals surface area (Å²) in [6, 6.07) is 5.11. The van der Waals surface area contributed by atoms with Crippen molar-refractivity contribution in [2.24, 2.45) is 5.73 Å². The van der Waals surface area contributed by atoms with E-state index in [2.05, 4.69) is 5.32 Å². The first kappa shape index (κ1) is 10.8. The molecule has 4 nitrogen and oxygen atoms in total. The van der Waals surface area contributed by atoms with Gasteiger partial charge in [-0.25, -0.2) is 0 Å². The maximum absolute atomic E-state index is 11.6. The van der Waals surface area contributed by atoms with Crippen LogP contribution in [0, 0.1) is 0 Å². The number of carbonyl (C=O) groups is 2. The summed E-state index contributed by atoms with van der Waals surface area (Å²) in [6.45, 7) is 0. The minimum Gasteiger partial charge on any atom is -0.365 e. The lowest BCUT2D eigenvalue weighted by molar-refractivity contribution is 0.1000. The Morgan fingerprint density at radius 2 is 2.06 bits per heavy atom. The molecule has 2 amide bonds. The second-order valence-electron chi connectivity index (χ2n) is 3.00. The number of anilines is 1. The largest absolute Gasteiger partial charge is 0.365 e. The highest BCUT2D eigenvalue weighted by atomic mass is 32.1. The number of thiophene rings is 2. The molecule has 0 saturated heterocycles. The molecule has 0 aromatic carbocycles. The standard InChI is InChI=1S/C10H8N2O2S2/c11-9(13)8-4-6(5-16-8)12-10(14)7-2-1-3-15-7/h1-5H,(H2,11,13)(H,12,14). The summed E-state index contributed by atoms with van der Waals surface area (Å²) in [4.78, 5) is 23.6. The zero-order chi connectivity index (χ0) is 11.5. The normalized spacial score (nSPS) is 10.0. The van der Waals surface area contributed by atoms with Gasteiger partial charge in [-0.15, -0.1) is 22.7 Å². The summed E-state index contributed by atoms with van der Waals surface area (Å²) < 4.78 is 0. The zero-order valence-corrected chi connectivity index (χ0v) is 9.73.